The average Bonchev–Trinajstić information content (AvgIpc) is 2.27. The molecular weight excluding hydrogens is 240 g/mol. The Morgan fingerprint density at radius 2 is 2.24 bits per heavy atom. The molecule has 1 N–H and O–H groups in total. The van der Waals surface area contributed by atoms with Crippen LogP contribution in [0.1, 0.15) is 25.3 Å². The van der Waals surface area contributed by atoms with Crippen LogP contribution >= 0.6 is 11.6 Å². The molecule has 0 heterocycles. The van der Waals surface area contributed by atoms with Crippen LogP contribution in [0.4, 0.5) is 0 Å². The first-order chi connectivity index (χ1) is 8.08. The third-order valence-corrected chi connectivity index (χ3v) is 2.65. The minimum Gasteiger partial charge on any atom is -0.497 e. The highest BCUT2D eigenvalue weighted by Gasteiger charge is 2.08. The molecule has 92 valence electrons. The average molecular weight is 255 g/mol. The maximum atomic E-state index is 10.7. The second-order valence-corrected chi connectivity index (χ2v) is 4.01. The standard InChI is InChI=1S/C13H15ClO3/c1-3-4-9(7-13(15)16)11-6-5-10(17-2)8-12(11)14/h5-8H,3-4H2,1-2H3,(H,15,16)/b9-7+. The molecule has 0 unspecified atom stereocenters. The van der Waals surface area contributed by atoms with Gasteiger partial charge < -0.3 is 9.84 Å². The molecule has 0 spiro atoms. The molecule has 0 fully saturated rings. The van der Waals surface area contributed by atoms with Crippen molar-refractivity contribution in [2.24, 2.45) is 0 Å². The summed E-state index contributed by atoms with van der Waals surface area (Å²) in [6.07, 6.45) is 2.75. The Morgan fingerprint density at radius 3 is 2.71 bits per heavy atom. The highest BCUT2D eigenvalue weighted by atomic mass is 35.5. The SMILES string of the molecule is CCC/C(=C\C(=O)O)c1ccc(OC)cc1Cl. The van der Waals surface area contributed by atoms with Gasteiger partial charge in [-0.15, -0.1) is 0 Å². The molecule has 0 saturated carbocycles. The number of benzene rings is 1. The lowest BCUT2D eigenvalue weighted by Crippen LogP contribution is -1.94. The minimum absolute atomic E-state index is 0.505. The first kappa shape index (κ1) is 13.6. The fraction of sp³-hybridized carbons (Fsp3) is 0.308. The van der Waals surface area contributed by atoms with E-state index in [2.05, 4.69) is 0 Å². The van der Waals surface area contributed by atoms with Crippen molar-refractivity contribution >= 4 is 23.1 Å². The number of carboxylic acids is 1. The van der Waals surface area contributed by atoms with E-state index < -0.39 is 5.97 Å². The molecule has 0 aromatic heterocycles. The van der Waals surface area contributed by atoms with E-state index in [-0.39, 0.29) is 0 Å². The van der Waals surface area contributed by atoms with Gasteiger partial charge in [0.05, 0.1) is 12.1 Å². The molecule has 0 aliphatic carbocycles. The van der Waals surface area contributed by atoms with Crippen molar-refractivity contribution in [3.8, 4) is 5.75 Å². The van der Waals surface area contributed by atoms with Crippen LogP contribution in [-0.2, 0) is 4.79 Å². The lowest BCUT2D eigenvalue weighted by Gasteiger charge is -2.09. The number of methoxy groups -OCH3 is 1. The maximum Gasteiger partial charge on any atom is 0.328 e. The van der Waals surface area contributed by atoms with Crippen LogP contribution < -0.4 is 4.74 Å². The number of carboxylic acid groups (broad SMARTS) is 1. The third kappa shape index (κ3) is 3.79. The van der Waals surface area contributed by atoms with Gasteiger partial charge in [0.2, 0.25) is 0 Å². The topological polar surface area (TPSA) is 46.5 Å². The summed E-state index contributed by atoms with van der Waals surface area (Å²) in [6.45, 7) is 1.99. The molecule has 4 heteroatoms. The normalized spacial score (nSPS) is 11.4. The zero-order valence-electron chi connectivity index (χ0n) is 9.87. The van der Waals surface area contributed by atoms with Crippen LogP contribution in [0.2, 0.25) is 5.02 Å². The van der Waals surface area contributed by atoms with Gasteiger partial charge in [0.1, 0.15) is 5.75 Å². The van der Waals surface area contributed by atoms with Gasteiger partial charge in [-0.3, -0.25) is 0 Å². The second kappa shape index (κ2) is 6.30. The van der Waals surface area contributed by atoms with Crippen LogP contribution in [0.25, 0.3) is 5.57 Å². The largest absolute Gasteiger partial charge is 0.497 e. The van der Waals surface area contributed by atoms with Gasteiger partial charge in [0, 0.05) is 6.08 Å². The van der Waals surface area contributed by atoms with Crippen molar-refractivity contribution in [2.45, 2.75) is 19.8 Å². The van der Waals surface area contributed by atoms with Crippen LogP contribution in [0.5, 0.6) is 5.75 Å². The molecule has 0 aliphatic heterocycles. The minimum atomic E-state index is -0.958. The summed E-state index contributed by atoms with van der Waals surface area (Å²) in [5.74, 6) is -0.301. The first-order valence-corrected chi connectivity index (χ1v) is 5.73. The number of carbonyl (C=O) groups is 1. The molecular formula is C13H15ClO3. The van der Waals surface area contributed by atoms with Crippen molar-refractivity contribution in [2.75, 3.05) is 7.11 Å². The molecule has 3 nitrogen and oxygen atoms in total. The van der Waals surface area contributed by atoms with E-state index >= 15 is 0 Å². The summed E-state index contributed by atoms with van der Waals surface area (Å²) in [4.78, 5) is 10.7. The van der Waals surface area contributed by atoms with Gasteiger partial charge in [-0.25, -0.2) is 4.79 Å². The summed E-state index contributed by atoms with van der Waals surface area (Å²) < 4.78 is 5.05. The summed E-state index contributed by atoms with van der Waals surface area (Å²) in [7, 11) is 1.56. The van der Waals surface area contributed by atoms with Crippen LogP contribution in [0.15, 0.2) is 24.3 Å². The molecule has 1 aromatic rings. The van der Waals surface area contributed by atoms with E-state index in [1.165, 1.54) is 6.08 Å². The van der Waals surface area contributed by atoms with Gasteiger partial charge in [-0.1, -0.05) is 24.9 Å². The Labute approximate surface area is 106 Å². The highest BCUT2D eigenvalue weighted by molar-refractivity contribution is 6.32. The number of allylic oxidation sites excluding steroid dienone is 1. The predicted molar refractivity (Wildman–Crippen MR) is 68.5 cm³/mol. The quantitative estimate of drug-likeness (QED) is 0.817. The lowest BCUT2D eigenvalue weighted by atomic mass is 10.0. The van der Waals surface area contributed by atoms with E-state index in [9.17, 15) is 4.79 Å². The van der Waals surface area contributed by atoms with E-state index in [4.69, 9.17) is 21.4 Å². The van der Waals surface area contributed by atoms with Gasteiger partial charge in [-0.2, -0.15) is 0 Å². The van der Waals surface area contributed by atoms with Gasteiger partial charge >= 0.3 is 5.97 Å². The van der Waals surface area contributed by atoms with Crippen molar-refractivity contribution in [3.05, 3.63) is 34.9 Å². The molecule has 1 aromatic carbocycles. The molecule has 0 amide bonds. The Morgan fingerprint density at radius 1 is 1.53 bits per heavy atom. The van der Waals surface area contributed by atoms with Crippen LogP contribution in [0.3, 0.4) is 0 Å². The molecule has 1 rings (SSSR count). The van der Waals surface area contributed by atoms with Gasteiger partial charge in [-0.05, 0) is 35.8 Å². The third-order valence-electron chi connectivity index (χ3n) is 2.34. The number of ether oxygens (including phenoxy) is 1. The van der Waals surface area contributed by atoms with E-state index in [0.717, 1.165) is 17.6 Å². The molecule has 0 radical (unpaired) electrons. The molecule has 0 bridgehead atoms. The van der Waals surface area contributed by atoms with Crippen molar-refractivity contribution in [1.82, 2.24) is 0 Å². The molecule has 17 heavy (non-hydrogen) atoms. The Kier molecular flexibility index (Phi) is 5.04. The lowest BCUT2D eigenvalue weighted by molar-refractivity contribution is -0.131. The summed E-state index contributed by atoms with van der Waals surface area (Å²) in [5.41, 5.74) is 1.48. The van der Waals surface area contributed by atoms with Gasteiger partial charge in [0.15, 0.2) is 0 Å². The summed E-state index contributed by atoms with van der Waals surface area (Å²) >= 11 is 6.11. The zero-order chi connectivity index (χ0) is 12.8. The zero-order valence-corrected chi connectivity index (χ0v) is 10.6. The maximum absolute atomic E-state index is 10.7. The van der Waals surface area contributed by atoms with Crippen molar-refractivity contribution in [3.63, 3.8) is 0 Å². The Balaban J connectivity index is 3.15. The van der Waals surface area contributed by atoms with Crippen molar-refractivity contribution in [1.29, 1.82) is 0 Å². The van der Waals surface area contributed by atoms with Crippen LogP contribution in [-0.4, -0.2) is 18.2 Å². The fourth-order valence-electron chi connectivity index (χ4n) is 1.59. The number of aliphatic carboxylic acids is 1. The fourth-order valence-corrected chi connectivity index (χ4v) is 1.88. The smallest absolute Gasteiger partial charge is 0.328 e. The molecule has 0 atom stereocenters. The van der Waals surface area contributed by atoms with E-state index in [1.54, 1.807) is 25.3 Å². The van der Waals surface area contributed by atoms with Crippen molar-refractivity contribution < 1.29 is 14.6 Å². The first-order valence-electron chi connectivity index (χ1n) is 5.36. The summed E-state index contributed by atoms with van der Waals surface area (Å²) in [5, 5.41) is 9.32. The highest BCUT2D eigenvalue weighted by Crippen LogP contribution is 2.30. The number of hydrogen-bond acceptors (Lipinski definition) is 2. The Bertz CT molecular complexity index is 438. The molecule has 0 aliphatic rings. The second-order valence-electron chi connectivity index (χ2n) is 3.60. The summed E-state index contributed by atoms with van der Waals surface area (Å²) in [6, 6.07) is 5.24. The van der Waals surface area contributed by atoms with E-state index in [0.29, 0.717) is 17.2 Å². The van der Waals surface area contributed by atoms with E-state index in [1.807, 2.05) is 6.92 Å². The number of rotatable bonds is 5. The number of hydrogen-bond donors (Lipinski definition) is 1. The van der Waals surface area contributed by atoms with Gasteiger partial charge in [0.25, 0.3) is 0 Å². The van der Waals surface area contributed by atoms with Crippen LogP contribution in [0, 0.1) is 0 Å². The molecule has 0 saturated heterocycles. The Hall–Kier alpha value is -1.48. The predicted octanol–water partition coefficient (Wildman–Crippen LogP) is 3.62. The monoisotopic (exact) mass is 254 g/mol. The number of halogens is 1.